The van der Waals surface area contributed by atoms with E-state index in [4.69, 9.17) is 11.6 Å². The number of halogens is 2. The third-order valence-corrected chi connectivity index (χ3v) is 5.20. The molecule has 0 aliphatic carbocycles. The maximum Gasteiger partial charge on any atom is 0.0551 e. The van der Waals surface area contributed by atoms with Crippen molar-refractivity contribution in [3.63, 3.8) is 0 Å². The molecule has 0 bridgehead atoms. The fourth-order valence-corrected chi connectivity index (χ4v) is 3.37. The van der Waals surface area contributed by atoms with Crippen molar-refractivity contribution >= 4 is 39.3 Å². The second-order valence-corrected chi connectivity index (χ2v) is 6.87. The highest BCUT2D eigenvalue weighted by molar-refractivity contribution is 9.10. The molecular weight excluding hydrogens is 332 g/mol. The van der Waals surface area contributed by atoms with Gasteiger partial charge in [-0.15, -0.1) is 0 Å². The van der Waals surface area contributed by atoms with Gasteiger partial charge in [-0.2, -0.15) is 11.8 Å². The van der Waals surface area contributed by atoms with Crippen molar-refractivity contribution in [2.75, 3.05) is 37.7 Å². The Labute approximate surface area is 127 Å². The van der Waals surface area contributed by atoms with Gasteiger partial charge >= 0.3 is 0 Å². The summed E-state index contributed by atoms with van der Waals surface area (Å²) < 4.78 is 0.957. The third-order valence-electron chi connectivity index (χ3n) is 3.02. The standard InChI is InChI=1S/C13H18BrClN2S/c14-12-2-1-11(9-13(12)15)10-16-3-4-17-5-7-18-8-6-17/h1-2,9,16H,3-8,10H2. The van der Waals surface area contributed by atoms with Gasteiger partial charge in [0.1, 0.15) is 0 Å². The minimum atomic E-state index is 0.780. The van der Waals surface area contributed by atoms with Gasteiger partial charge in [0.2, 0.25) is 0 Å². The Hall–Kier alpha value is 0.260. The van der Waals surface area contributed by atoms with Gasteiger partial charge < -0.3 is 10.2 Å². The number of rotatable bonds is 5. The van der Waals surface area contributed by atoms with E-state index in [1.165, 1.54) is 30.2 Å². The van der Waals surface area contributed by atoms with E-state index < -0.39 is 0 Å². The zero-order valence-corrected chi connectivity index (χ0v) is 13.5. The van der Waals surface area contributed by atoms with Gasteiger partial charge in [-0.25, -0.2) is 0 Å². The third kappa shape index (κ3) is 4.74. The van der Waals surface area contributed by atoms with Crippen molar-refractivity contribution in [3.05, 3.63) is 33.3 Å². The number of nitrogens with zero attached hydrogens (tertiary/aromatic N) is 1. The molecule has 0 unspecified atom stereocenters. The van der Waals surface area contributed by atoms with E-state index in [-0.39, 0.29) is 0 Å². The van der Waals surface area contributed by atoms with Crippen LogP contribution in [0.2, 0.25) is 5.02 Å². The molecule has 0 amide bonds. The van der Waals surface area contributed by atoms with Crippen molar-refractivity contribution in [1.82, 2.24) is 10.2 Å². The van der Waals surface area contributed by atoms with E-state index in [1.54, 1.807) is 0 Å². The minimum Gasteiger partial charge on any atom is -0.311 e. The molecular formula is C13H18BrClN2S. The van der Waals surface area contributed by atoms with Gasteiger partial charge in [-0.1, -0.05) is 17.7 Å². The van der Waals surface area contributed by atoms with E-state index in [9.17, 15) is 0 Å². The summed E-state index contributed by atoms with van der Waals surface area (Å²) in [5, 5.41) is 4.25. The molecule has 1 fully saturated rings. The van der Waals surface area contributed by atoms with Gasteiger partial charge in [0.25, 0.3) is 0 Å². The quantitative estimate of drug-likeness (QED) is 0.822. The Morgan fingerprint density at radius 2 is 2.11 bits per heavy atom. The lowest BCUT2D eigenvalue weighted by molar-refractivity contribution is 0.301. The average molecular weight is 350 g/mol. The predicted octanol–water partition coefficient (Wildman–Crippen LogP) is 3.24. The first-order valence-corrected chi connectivity index (χ1v) is 8.53. The van der Waals surface area contributed by atoms with Crippen LogP contribution in [0.4, 0.5) is 0 Å². The second kappa shape index (κ2) is 7.75. The van der Waals surface area contributed by atoms with Gasteiger partial charge in [-0.05, 0) is 33.6 Å². The van der Waals surface area contributed by atoms with Crippen LogP contribution < -0.4 is 5.32 Å². The Morgan fingerprint density at radius 3 is 2.83 bits per heavy atom. The molecule has 2 nitrogen and oxygen atoms in total. The summed E-state index contributed by atoms with van der Waals surface area (Å²) in [6.07, 6.45) is 0. The second-order valence-electron chi connectivity index (χ2n) is 4.38. The van der Waals surface area contributed by atoms with E-state index in [1.807, 2.05) is 12.1 Å². The number of thioether (sulfide) groups is 1. The summed E-state index contributed by atoms with van der Waals surface area (Å²) >= 11 is 11.5. The Kier molecular flexibility index (Phi) is 6.32. The zero-order chi connectivity index (χ0) is 12.8. The lowest BCUT2D eigenvalue weighted by Gasteiger charge is -2.26. The first-order valence-electron chi connectivity index (χ1n) is 6.20. The molecule has 18 heavy (non-hydrogen) atoms. The molecule has 0 atom stereocenters. The summed E-state index contributed by atoms with van der Waals surface area (Å²) in [4.78, 5) is 2.53. The molecule has 0 radical (unpaired) electrons. The molecule has 100 valence electrons. The molecule has 1 N–H and O–H groups in total. The van der Waals surface area contributed by atoms with Crippen molar-refractivity contribution in [2.45, 2.75) is 6.54 Å². The SMILES string of the molecule is Clc1cc(CNCCN2CCSCC2)ccc1Br. The topological polar surface area (TPSA) is 15.3 Å². The molecule has 1 heterocycles. The maximum absolute atomic E-state index is 6.06. The monoisotopic (exact) mass is 348 g/mol. The van der Waals surface area contributed by atoms with Crippen molar-refractivity contribution in [2.24, 2.45) is 0 Å². The summed E-state index contributed by atoms with van der Waals surface area (Å²) in [7, 11) is 0. The summed E-state index contributed by atoms with van der Waals surface area (Å²) in [5.74, 6) is 2.56. The first-order chi connectivity index (χ1) is 8.75. The molecule has 0 spiro atoms. The maximum atomic E-state index is 6.06. The summed E-state index contributed by atoms with van der Waals surface area (Å²) in [5.41, 5.74) is 1.23. The van der Waals surface area contributed by atoms with Gasteiger partial charge in [-0.3, -0.25) is 0 Å². The Morgan fingerprint density at radius 1 is 1.33 bits per heavy atom. The van der Waals surface area contributed by atoms with Crippen LogP contribution in [0.5, 0.6) is 0 Å². The van der Waals surface area contributed by atoms with Crippen molar-refractivity contribution in [1.29, 1.82) is 0 Å². The van der Waals surface area contributed by atoms with Crippen LogP contribution in [0, 0.1) is 0 Å². The van der Waals surface area contributed by atoms with Crippen molar-refractivity contribution in [3.8, 4) is 0 Å². The van der Waals surface area contributed by atoms with E-state index in [0.717, 1.165) is 29.1 Å². The number of hydrogen-bond donors (Lipinski definition) is 1. The molecule has 2 rings (SSSR count). The van der Waals surface area contributed by atoms with Crippen LogP contribution in [-0.2, 0) is 6.54 Å². The van der Waals surface area contributed by atoms with E-state index in [0.29, 0.717) is 0 Å². The van der Waals surface area contributed by atoms with Crippen LogP contribution in [0.25, 0.3) is 0 Å². The lowest BCUT2D eigenvalue weighted by Crippen LogP contribution is -2.37. The molecule has 0 saturated carbocycles. The fraction of sp³-hybridized carbons (Fsp3) is 0.538. The first kappa shape index (κ1) is 14.7. The van der Waals surface area contributed by atoms with Crippen LogP contribution in [0.3, 0.4) is 0 Å². The van der Waals surface area contributed by atoms with Gasteiger partial charge in [0.05, 0.1) is 5.02 Å². The molecule has 5 heteroatoms. The molecule has 1 aliphatic rings. The summed E-state index contributed by atoms with van der Waals surface area (Å²) in [6, 6.07) is 6.11. The Balaban J connectivity index is 1.66. The highest BCUT2D eigenvalue weighted by Gasteiger charge is 2.08. The van der Waals surface area contributed by atoms with Crippen LogP contribution >= 0.6 is 39.3 Å². The molecule has 0 aromatic heterocycles. The number of hydrogen-bond acceptors (Lipinski definition) is 3. The average Bonchev–Trinajstić information content (AvgIpc) is 2.40. The fourth-order valence-electron chi connectivity index (χ4n) is 1.94. The zero-order valence-electron chi connectivity index (χ0n) is 10.3. The van der Waals surface area contributed by atoms with Gasteiger partial charge in [0, 0.05) is 48.7 Å². The van der Waals surface area contributed by atoms with Crippen LogP contribution in [-0.4, -0.2) is 42.6 Å². The number of nitrogens with one attached hydrogen (secondary N) is 1. The smallest absolute Gasteiger partial charge is 0.0551 e. The molecule has 1 aliphatic heterocycles. The number of benzene rings is 1. The van der Waals surface area contributed by atoms with E-state index in [2.05, 4.69) is 44.0 Å². The Bertz CT molecular complexity index is 383. The highest BCUT2D eigenvalue weighted by Crippen LogP contribution is 2.22. The highest BCUT2D eigenvalue weighted by atomic mass is 79.9. The van der Waals surface area contributed by atoms with E-state index >= 15 is 0 Å². The van der Waals surface area contributed by atoms with Crippen LogP contribution in [0.15, 0.2) is 22.7 Å². The van der Waals surface area contributed by atoms with Crippen LogP contribution in [0.1, 0.15) is 5.56 Å². The molecule has 1 saturated heterocycles. The largest absolute Gasteiger partial charge is 0.311 e. The minimum absolute atomic E-state index is 0.780. The molecule has 1 aromatic carbocycles. The molecule has 1 aromatic rings. The normalized spacial score (nSPS) is 17.0. The predicted molar refractivity (Wildman–Crippen MR) is 84.6 cm³/mol. The van der Waals surface area contributed by atoms with Gasteiger partial charge in [0.15, 0.2) is 0 Å². The lowest BCUT2D eigenvalue weighted by atomic mass is 10.2. The summed E-state index contributed by atoms with van der Waals surface area (Å²) in [6.45, 7) is 5.53. The van der Waals surface area contributed by atoms with Crippen molar-refractivity contribution < 1.29 is 0 Å².